The van der Waals surface area contributed by atoms with E-state index in [4.69, 9.17) is 4.74 Å². The van der Waals surface area contributed by atoms with Gasteiger partial charge in [0, 0.05) is 6.07 Å². The molecular formula is C14H20FN5O. The van der Waals surface area contributed by atoms with Crippen LogP contribution < -0.4 is 10.1 Å². The summed E-state index contributed by atoms with van der Waals surface area (Å²) in [4.78, 5) is 0. The largest absolute Gasteiger partial charge is 0.491 e. The molecule has 0 aliphatic carbocycles. The van der Waals surface area contributed by atoms with Gasteiger partial charge in [0.25, 0.3) is 0 Å². The first-order valence-corrected chi connectivity index (χ1v) is 7.02. The van der Waals surface area contributed by atoms with Crippen LogP contribution in [-0.2, 0) is 6.54 Å². The molecule has 6 nitrogen and oxygen atoms in total. The van der Waals surface area contributed by atoms with Gasteiger partial charge in [-0.2, -0.15) is 4.68 Å². The van der Waals surface area contributed by atoms with E-state index in [-0.39, 0.29) is 5.75 Å². The highest BCUT2D eigenvalue weighted by Gasteiger charge is 2.11. The van der Waals surface area contributed by atoms with Crippen LogP contribution in [0, 0.1) is 11.7 Å². The number of nitrogens with one attached hydrogen (secondary N) is 1. The van der Waals surface area contributed by atoms with Crippen LogP contribution in [0.1, 0.15) is 26.6 Å². The van der Waals surface area contributed by atoms with Crippen molar-refractivity contribution in [2.24, 2.45) is 5.92 Å². The maximum atomic E-state index is 13.9. The Labute approximate surface area is 123 Å². The second-order valence-corrected chi connectivity index (χ2v) is 5.08. The summed E-state index contributed by atoms with van der Waals surface area (Å²) in [6.45, 7) is 7.87. The molecule has 0 saturated carbocycles. The van der Waals surface area contributed by atoms with Gasteiger partial charge < -0.3 is 10.1 Å². The highest BCUT2D eigenvalue weighted by Crippen LogP contribution is 2.20. The summed E-state index contributed by atoms with van der Waals surface area (Å²) < 4.78 is 20.6. The first kappa shape index (κ1) is 15.4. The van der Waals surface area contributed by atoms with Crippen LogP contribution in [0.25, 0.3) is 5.69 Å². The molecule has 1 aromatic carbocycles. The second kappa shape index (κ2) is 7.12. The highest BCUT2D eigenvalue weighted by atomic mass is 19.1. The third-order valence-electron chi connectivity index (χ3n) is 2.83. The Bertz CT molecular complexity index is 584. The Kier molecular flexibility index (Phi) is 5.21. The molecule has 0 aliphatic rings. The minimum Gasteiger partial charge on any atom is -0.491 e. The molecule has 0 spiro atoms. The molecule has 0 bridgehead atoms. The lowest BCUT2D eigenvalue weighted by atomic mass is 10.2. The van der Waals surface area contributed by atoms with Crippen LogP contribution in [0.5, 0.6) is 5.75 Å². The predicted octanol–water partition coefficient (Wildman–Crippen LogP) is 1.95. The van der Waals surface area contributed by atoms with Crippen LogP contribution in [0.15, 0.2) is 18.2 Å². The summed E-state index contributed by atoms with van der Waals surface area (Å²) in [5, 5.41) is 14.8. The number of benzene rings is 1. The first-order chi connectivity index (χ1) is 10.1. The zero-order valence-electron chi connectivity index (χ0n) is 12.5. The lowest BCUT2D eigenvalue weighted by Crippen LogP contribution is -2.21. The molecule has 21 heavy (non-hydrogen) atoms. The third-order valence-corrected chi connectivity index (χ3v) is 2.83. The fourth-order valence-corrected chi connectivity index (χ4v) is 1.88. The zero-order chi connectivity index (χ0) is 15.2. The molecule has 0 aliphatic heterocycles. The molecule has 114 valence electrons. The zero-order valence-corrected chi connectivity index (χ0v) is 12.5. The van der Waals surface area contributed by atoms with Gasteiger partial charge in [0.1, 0.15) is 0 Å². The van der Waals surface area contributed by atoms with E-state index in [0.29, 0.717) is 30.6 Å². The molecule has 0 saturated heterocycles. The van der Waals surface area contributed by atoms with Crippen LogP contribution in [0.4, 0.5) is 4.39 Å². The van der Waals surface area contributed by atoms with E-state index in [1.807, 2.05) is 6.92 Å². The van der Waals surface area contributed by atoms with E-state index in [0.717, 1.165) is 6.54 Å². The van der Waals surface area contributed by atoms with E-state index in [1.54, 1.807) is 12.1 Å². The summed E-state index contributed by atoms with van der Waals surface area (Å²) in [6, 6.07) is 4.69. The van der Waals surface area contributed by atoms with Crippen molar-refractivity contribution in [3.63, 3.8) is 0 Å². The fraction of sp³-hybridized carbons (Fsp3) is 0.500. The van der Waals surface area contributed by atoms with E-state index in [1.165, 1.54) is 10.7 Å². The van der Waals surface area contributed by atoms with Gasteiger partial charge in [0.15, 0.2) is 17.4 Å². The summed E-state index contributed by atoms with van der Waals surface area (Å²) >= 11 is 0. The van der Waals surface area contributed by atoms with Crippen molar-refractivity contribution < 1.29 is 9.13 Å². The smallest absolute Gasteiger partial charge is 0.170 e. The Morgan fingerprint density at radius 2 is 2.19 bits per heavy atom. The van der Waals surface area contributed by atoms with Gasteiger partial charge in [0.05, 0.1) is 18.8 Å². The normalized spacial score (nSPS) is 11.1. The number of hydrogen-bond donors (Lipinski definition) is 1. The number of ether oxygens (including phenoxy) is 1. The molecule has 2 rings (SSSR count). The molecule has 0 unspecified atom stereocenters. The molecule has 1 N–H and O–H groups in total. The first-order valence-electron chi connectivity index (χ1n) is 7.02. The van der Waals surface area contributed by atoms with E-state index >= 15 is 0 Å². The monoisotopic (exact) mass is 293 g/mol. The molecule has 1 heterocycles. The quantitative estimate of drug-likeness (QED) is 0.845. The van der Waals surface area contributed by atoms with E-state index in [9.17, 15) is 4.39 Å². The standard InChI is InChI=1S/C14H20FN5O/c1-4-21-13-6-5-11(7-12(13)15)20-14(17-18-19-20)9-16-8-10(2)3/h5-7,10,16H,4,8-9H2,1-3H3. The summed E-state index contributed by atoms with van der Waals surface area (Å²) in [5.41, 5.74) is 0.572. The number of halogens is 1. The van der Waals surface area contributed by atoms with Gasteiger partial charge in [0.2, 0.25) is 0 Å². The summed E-state index contributed by atoms with van der Waals surface area (Å²) in [7, 11) is 0. The molecule has 0 fully saturated rings. The van der Waals surface area contributed by atoms with E-state index < -0.39 is 5.82 Å². The van der Waals surface area contributed by atoms with Gasteiger partial charge in [-0.25, -0.2) is 4.39 Å². The number of rotatable bonds is 7. The van der Waals surface area contributed by atoms with E-state index in [2.05, 4.69) is 34.7 Å². The summed E-state index contributed by atoms with van der Waals surface area (Å²) in [5.74, 6) is 0.983. The molecule has 0 atom stereocenters. The Hall–Kier alpha value is -2.02. The molecular weight excluding hydrogens is 273 g/mol. The molecule has 1 aromatic heterocycles. The summed E-state index contributed by atoms with van der Waals surface area (Å²) in [6.07, 6.45) is 0. The Balaban J connectivity index is 2.15. The lowest BCUT2D eigenvalue weighted by molar-refractivity contribution is 0.321. The van der Waals surface area contributed by atoms with Gasteiger partial charge in [-0.3, -0.25) is 0 Å². The van der Waals surface area contributed by atoms with Gasteiger partial charge in [-0.05, 0) is 41.9 Å². The molecule has 7 heteroatoms. The minimum atomic E-state index is -0.425. The average Bonchev–Trinajstić information content (AvgIpc) is 2.89. The van der Waals surface area contributed by atoms with Crippen LogP contribution >= 0.6 is 0 Å². The molecule has 0 radical (unpaired) electrons. The Morgan fingerprint density at radius 1 is 1.38 bits per heavy atom. The maximum absolute atomic E-state index is 13.9. The van der Waals surface area contributed by atoms with Crippen molar-refractivity contribution in [2.75, 3.05) is 13.2 Å². The van der Waals surface area contributed by atoms with Crippen molar-refractivity contribution in [1.29, 1.82) is 0 Å². The SMILES string of the molecule is CCOc1ccc(-n2nnnc2CNCC(C)C)cc1F. The molecule has 2 aromatic rings. The van der Waals surface area contributed by atoms with Crippen LogP contribution in [0.2, 0.25) is 0 Å². The third kappa shape index (κ3) is 3.98. The van der Waals surface area contributed by atoms with Gasteiger partial charge >= 0.3 is 0 Å². The van der Waals surface area contributed by atoms with Gasteiger partial charge in [-0.15, -0.1) is 5.10 Å². The Morgan fingerprint density at radius 3 is 2.86 bits per heavy atom. The number of nitrogens with zero attached hydrogens (tertiary/aromatic N) is 4. The number of tetrazole rings is 1. The lowest BCUT2D eigenvalue weighted by Gasteiger charge is -2.09. The van der Waals surface area contributed by atoms with Crippen LogP contribution in [-0.4, -0.2) is 33.4 Å². The van der Waals surface area contributed by atoms with Crippen molar-refractivity contribution in [3.8, 4) is 11.4 Å². The average molecular weight is 293 g/mol. The fourth-order valence-electron chi connectivity index (χ4n) is 1.88. The number of hydrogen-bond acceptors (Lipinski definition) is 5. The molecule has 0 amide bonds. The maximum Gasteiger partial charge on any atom is 0.170 e. The highest BCUT2D eigenvalue weighted by molar-refractivity contribution is 5.38. The van der Waals surface area contributed by atoms with Crippen molar-refractivity contribution >= 4 is 0 Å². The number of aromatic nitrogens is 4. The van der Waals surface area contributed by atoms with Crippen molar-refractivity contribution in [1.82, 2.24) is 25.5 Å². The van der Waals surface area contributed by atoms with Gasteiger partial charge in [-0.1, -0.05) is 13.8 Å². The topological polar surface area (TPSA) is 64.9 Å². The minimum absolute atomic E-state index is 0.230. The predicted molar refractivity (Wildman–Crippen MR) is 76.8 cm³/mol. The van der Waals surface area contributed by atoms with Crippen molar-refractivity contribution in [3.05, 3.63) is 29.8 Å². The van der Waals surface area contributed by atoms with Crippen LogP contribution in [0.3, 0.4) is 0 Å². The second-order valence-electron chi connectivity index (χ2n) is 5.08. The van der Waals surface area contributed by atoms with Crippen molar-refractivity contribution in [2.45, 2.75) is 27.3 Å².